The van der Waals surface area contributed by atoms with Gasteiger partial charge in [0, 0.05) is 12.1 Å². The average Bonchev–Trinajstić information content (AvgIpc) is 3.11. The van der Waals surface area contributed by atoms with Crippen molar-refractivity contribution in [1.29, 1.82) is 0 Å². The third kappa shape index (κ3) is 2.14. The number of carbonyl (C=O) groups is 1. The van der Waals surface area contributed by atoms with E-state index in [0.29, 0.717) is 12.3 Å². The fraction of sp³-hybridized carbons (Fsp3) is 0.588. The number of rotatable bonds is 2. The van der Waals surface area contributed by atoms with E-state index in [-0.39, 0.29) is 12.0 Å². The molecule has 106 valence electrons. The Kier molecular flexibility index (Phi) is 2.84. The lowest BCUT2D eigenvalue weighted by Gasteiger charge is -2.21. The lowest BCUT2D eigenvalue weighted by Crippen LogP contribution is -2.12. The first-order valence-corrected chi connectivity index (χ1v) is 7.81. The third-order valence-corrected chi connectivity index (χ3v) is 5.32. The molecule has 1 aliphatic heterocycles. The number of fused-ring (bicyclic) bond motifs is 2. The van der Waals surface area contributed by atoms with Crippen LogP contribution < -0.4 is 5.32 Å². The second kappa shape index (κ2) is 4.59. The van der Waals surface area contributed by atoms with E-state index in [1.807, 2.05) is 12.1 Å². The van der Waals surface area contributed by atoms with Crippen molar-refractivity contribution in [3.8, 4) is 0 Å². The molecule has 3 heteroatoms. The Morgan fingerprint density at radius 1 is 1.15 bits per heavy atom. The van der Waals surface area contributed by atoms with Crippen LogP contribution in [-0.4, -0.2) is 11.0 Å². The van der Waals surface area contributed by atoms with Gasteiger partial charge in [-0.15, -0.1) is 0 Å². The van der Waals surface area contributed by atoms with E-state index in [1.54, 1.807) is 0 Å². The Bertz CT molecular complexity index is 544. The Balaban J connectivity index is 1.56. The molecule has 3 aliphatic rings. The Morgan fingerprint density at radius 3 is 2.75 bits per heavy atom. The highest BCUT2D eigenvalue weighted by molar-refractivity contribution is 5.92. The molecule has 0 aromatic heterocycles. The zero-order valence-electron chi connectivity index (χ0n) is 11.6. The van der Waals surface area contributed by atoms with Gasteiger partial charge in [0.05, 0.1) is 6.10 Å². The summed E-state index contributed by atoms with van der Waals surface area (Å²) in [5, 5.41) is 13.5. The maximum Gasteiger partial charge on any atom is 0.224 e. The first kappa shape index (κ1) is 12.4. The van der Waals surface area contributed by atoms with Crippen molar-refractivity contribution in [2.45, 2.75) is 44.6 Å². The van der Waals surface area contributed by atoms with Gasteiger partial charge in [-0.1, -0.05) is 12.1 Å². The molecule has 1 heterocycles. The minimum absolute atomic E-state index is 0.105. The molecule has 3 unspecified atom stereocenters. The van der Waals surface area contributed by atoms with Crippen LogP contribution in [0.4, 0.5) is 5.69 Å². The van der Waals surface area contributed by atoms with Crippen molar-refractivity contribution in [2.24, 2.45) is 17.8 Å². The SMILES string of the molecule is O=C1CCCc2cc(C(O)C3CC4CC4C3)ccc2N1. The molecule has 0 saturated heterocycles. The summed E-state index contributed by atoms with van der Waals surface area (Å²) >= 11 is 0. The molecular formula is C17H21NO2. The highest BCUT2D eigenvalue weighted by Crippen LogP contribution is 2.57. The topological polar surface area (TPSA) is 49.3 Å². The Hall–Kier alpha value is -1.35. The fourth-order valence-corrected chi connectivity index (χ4v) is 4.07. The summed E-state index contributed by atoms with van der Waals surface area (Å²) in [6.45, 7) is 0. The fourth-order valence-electron chi connectivity index (χ4n) is 4.07. The number of benzene rings is 1. The van der Waals surface area contributed by atoms with E-state index in [4.69, 9.17) is 0 Å². The summed E-state index contributed by atoms with van der Waals surface area (Å²) in [5.41, 5.74) is 3.14. The molecule has 4 rings (SSSR count). The molecule has 20 heavy (non-hydrogen) atoms. The van der Waals surface area contributed by atoms with Crippen LogP contribution in [0.15, 0.2) is 18.2 Å². The van der Waals surface area contributed by atoms with Crippen molar-refractivity contribution in [3.05, 3.63) is 29.3 Å². The number of anilines is 1. The molecule has 3 atom stereocenters. The quantitative estimate of drug-likeness (QED) is 0.868. The number of aryl methyl sites for hydroxylation is 1. The lowest BCUT2D eigenvalue weighted by molar-refractivity contribution is -0.116. The van der Waals surface area contributed by atoms with Crippen LogP contribution in [0.2, 0.25) is 0 Å². The van der Waals surface area contributed by atoms with Crippen molar-refractivity contribution in [2.75, 3.05) is 5.32 Å². The largest absolute Gasteiger partial charge is 0.388 e. The van der Waals surface area contributed by atoms with Crippen LogP contribution in [0.3, 0.4) is 0 Å². The van der Waals surface area contributed by atoms with Crippen LogP contribution in [0.1, 0.15) is 49.3 Å². The third-order valence-electron chi connectivity index (χ3n) is 5.32. The standard InChI is InChI=1S/C17H21NO2/c19-16-3-1-2-10-6-11(4-5-15(10)18-16)17(20)14-8-12-7-13(12)9-14/h4-6,12-14,17,20H,1-3,7-9H2,(H,18,19). The highest BCUT2D eigenvalue weighted by Gasteiger charge is 2.47. The van der Waals surface area contributed by atoms with Crippen LogP contribution in [0.25, 0.3) is 0 Å². The van der Waals surface area contributed by atoms with Crippen LogP contribution in [-0.2, 0) is 11.2 Å². The number of amides is 1. The number of hydrogen-bond acceptors (Lipinski definition) is 2. The van der Waals surface area contributed by atoms with Crippen LogP contribution in [0, 0.1) is 17.8 Å². The average molecular weight is 271 g/mol. The smallest absolute Gasteiger partial charge is 0.224 e. The summed E-state index contributed by atoms with van der Waals surface area (Å²) in [6.07, 6.45) is 5.86. The molecule has 0 spiro atoms. The molecule has 1 amide bonds. The van der Waals surface area contributed by atoms with E-state index in [0.717, 1.165) is 35.9 Å². The molecule has 2 aliphatic carbocycles. The van der Waals surface area contributed by atoms with Gasteiger partial charge in [-0.05, 0) is 67.1 Å². The summed E-state index contributed by atoms with van der Waals surface area (Å²) in [5.74, 6) is 2.34. The van der Waals surface area contributed by atoms with Gasteiger partial charge < -0.3 is 10.4 Å². The van der Waals surface area contributed by atoms with Gasteiger partial charge in [0.2, 0.25) is 5.91 Å². The molecule has 3 nitrogen and oxygen atoms in total. The van der Waals surface area contributed by atoms with Crippen molar-refractivity contribution in [3.63, 3.8) is 0 Å². The summed E-state index contributed by atoms with van der Waals surface area (Å²) in [4.78, 5) is 11.6. The summed E-state index contributed by atoms with van der Waals surface area (Å²) < 4.78 is 0. The molecular weight excluding hydrogens is 250 g/mol. The summed E-state index contributed by atoms with van der Waals surface area (Å²) in [7, 11) is 0. The molecule has 2 saturated carbocycles. The predicted molar refractivity (Wildman–Crippen MR) is 77.3 cm³/mol. The van der Waals surface area contributed by atoms with Gasteiger partial charge in [0.15, 0.2) is 0 Å². The molecule has 1 aromatic carbocycles. The second-order valence-corrected chi connectivity index (χ2v) is 6.75. The summed E-state index contributed by atoms with van der Waals surface area (Å²) in [6, 6.07) is 6.06. The first-order valence-electron chi connectivity index (χ1n) is 7.81. The molecule has 0 radical (unpaired) electrons. The van der Waals surface area contributed by atoms with Crippen molar-refractivity contribution >= 4 is 11.6 Å². The van der Waals surface area contributed by atoms with E-state index < -0.39 is 0 Å². The zero-order valence-corrected chi connectivity index (χ0v) is 11.6. The van der Waals surface area contributed by atoms with E-state index in [2.05, 4.69) is 11.4 Å². The van der Waals surface area contributed by atoms with Crippen molar-refractivity contribution < 1.29 is 9.90 Å². The zero-order chi connectivity index (χ0) is 13.7. The number of aliphatic hydroxyl groups is 1. The Labute approximate surface area is 119 Å². The number of nitrogens with one attached hydrogen (secondary N) is 1. The van der Waals surface area contributed by atoms with Gasteiger partial charge in [0.1, 0.15) is 0 Å². The molecule has 2 fully saturated rings. The van der Waals surface area contributed by atoms with Crippen molar-refractivity contribution in [1.82, 2.24) is 0 Å². The number of carbonyl (C=O) groups excluding carboxylic acids is 1. The van der Waals surface area contributed by atoms with Gasteiger partial charge in [-0.2, -0.15) is 0 Å². The van der Waals surface area contributed by atoms with E-state index in [1.165, 1.54) is 24.8 Å². The highest BCUT2D eigenvalue weighted by atomic mass is 16.3. The first-order chi connectivity index (χ1) is 9.70. The number of aliphatic hydroxyl groups excluding tert-OH is 1. The lowest BCUT2D eigenvalue weighted by atomic mass is 9.90. The van der Waals surface area contributed by atoms with Gasteiger partial charge >= 0.3 is 0 Å². The minimum atomic E-state index is -0.327. The second-order valence-electron chi connectivity index (χ2n) is 6.75. The molecule has 0 bridgehead atoms. The van der Waals surface area contributed by atoms with E-state index >= 15 is 0 Å². The maximum atomic E-state index is 11.6. The van der Waals surface area contributed by atoms with Crippen LogP contribution in [0.5, 0.6) is 0 Å². The van der Waals surface area contributed by atoms with Crippen LogP contribution >= 0.6 is 0 Å². The predicted octanol–water partition coefficient (Wildman–Crippen LogP) is 3.04. The molecule has 1 aromatic rings. The molecule has 2 N–H and O–H groups in total. The minimum Gasteiger partial charge on any atom is -0.388 e. The maximum absolute atomic E-state index is 11.6. The monoisotopic (exact) mass is 271 g/mol. The Morgan fingerprint density at radius 2 is 1.95 bits per heavy atom. The van der Waals surface area contributed by atoms with E-state index in [9.17, 15) is 9.90 Å². The van der Waals surface area contributed by atoms with Gasteiger partial charge in [0.25, 0.3) is 0 Å². The number of hydrogen-bond donors (Lipinski definition) is 2. The van der Waals surface area contributed by atoms with Gasteiger partial charge in [-0.25, -0.2) is 0 Å². The normalized spacial score (nSPS) is 32.9. The van der Waals surface area contributed by atoms with Gasteiger partial charge in [-0.3, -0.25) is 4.79 Å².